The molecule has 0 rings (SSSR count). The van der Waals surface area contributed by atoms with Gasteiger partial charge in [0.25, 0.3) is 0 Å². The zero-order valence-electron chi connectivity index (χ0n) is 1.99. The van der Waals surface area contributed by atoms with Gasteiger partial charge in [0.1, 0.15) is 0 Å². The zero-order valence-corrected chi connectivity index (χ0v) is 8.39. The molecule has 0 atom stereocenters. The molecule has 19 valence electrons. The van der Waals surface area contributed by atoms with Gasteiger partial charge < -0.3 is 0 Å². The minimum absolute atomic E-state index is 0.371. The zero-order chi connectivity index (χ0) is 3.58. The number of carbonyl (C=O) groups excluding carboxylic acids is 1. The molecule has 0 bridgehead atoms. The van der Waals surface area contributed by atoms with Crippen molar-refractivity contribution in [3.8, 4) is 0 Å². The van der Waals surface area contributed by atoms with Crippen molar-refractivity contribution in [3.63, 3.8) is 0 Å². The van der Waals surface area contributed by atoms with E-state index < -0.39 is 6.54 Å². The summed E-state index contributed by atoms with van der Waals surface area (Å²) >= 11 is 0. The van der Waals surface area contributed by atoms with Crippen LogP contribution in [0, 0.1) is 0 Å². The maximum atomic E-state index is 10.5. The number of hydrogen-bond donors (Lipinski definition) is 0. The summed E-state index contributed by atoms with van der Waals surface area (Å²) in [5.74, 6) is 0. The molecule has 0 fully saturated rings. The second-order valence-electron chi connectivity index (χ2n) is 0.355. The monoisotopic (exact) mass is 314 g/mol. The van der Waals surface area contributed by atoms with Gasteiger partial charge in [-0.2, -0.15) is 0 Å². The van der Waals surface area contributed by atoms with Crippen LogP contribution in [-0.4, -0.2) is 6.54 Å². The molecule has 0 heterocycles. The fraction of sp³-hybridized carbons (Fsp3) is 0. The molecule has 4 heavy (non-hydrogen) atoms. The standard InChI is InChI=1S/CFO.Rf/c2-1-3;. The Morgan fingerprint density at radius 2 is 2.00 bits per heavy atom. The number of rotatable bonds is 0. The summed E-state index contributed by atoms with van der Waals surface area (Å²) in [4.78, 5) is 8.87. The van der Waals surface area contributed by atoms with Crippen LogP contribution in [0.2, 0.25) is 0 Å². The molecule has 0 aliphatic carbocycles. The van der Waals surface area contributed by atoms with Gasteiger partial charge in [0, 0.05) is 0 Å². The Bertz CT molecular complexity index is 31.0. The molecule has 0 aliphatic rings. The molecule has 0 unspecified atom stereocenters. The summed E-state index contributed by atoms with van der Waals surface area (Å²) in [6, 6.07) is 0. The Kier molecular flexibility index (Phi) is 0.146. The Morgan fingerprint density at radius 1 is 2.00 bits per heavy atom. The fourth-order valence-electron chi connectivity index (χ4n) is 0. The predicted molar refractivity (Wildman–Crippen MR) is 6.50 cm³/mol. The average molecular weight is 314 g/mol. The summed E-state index contributed by atoms with van der Waals surface area (Å²) in [6.45, 7) is -1.12. The van der Waals surface area contributed by atoms with Crippen LogP contribution in [0.25, 0.3) is 0 Å². The first-order valence-electron chi connectivity index (χ1n) is 0.747. The molecule has 0 spiro atoms. The van der Waals surface area contributed by atoms with Crippen molar-refractivity contribution in [2.75, 3.05) is 0 Å². The van der Waals surface area contributed by atoms with Crippen LogP contribution in [0.15, 0.2) is 0 Å². The van der Waals surface area contributed by atoms with Gasteiger partial charge >= 0.3 is 15.7 Å². The van der Waals surface area contributed by atoms with Gasteiger partial charge in [0.05, 0.1) is 0 Å². The van der Waals surface area contributed by atoms with Crippen molar-refractivity contribution >= 4 is 6.54 Å². The third-order valence-corrected chi connectivity index (χ3v) is 0. The average Bonchev–Trinajstić information content (AvgIpc) is 0.811. The summed E-state index contributed by atoms with van der Waals surface area (Å²) in [7, 11) is 0. The fourth-order valence-corrected chi connectivity index (χ4v) is 0. The molecule has 0 saturated carbocycles. The first kappa shape index (κ1) is 2.60. The van der Waals surface area contributed by atoms with Gasteiger partial charge in [-0.1, -0.05) is 0 Å². The van der Waals surface area contributed by atoms with Crippen molar-refractivity contribution in [3.05, 3.63) is 0 Å². The first-order valence-corrected chi connectivity index (χ1v) is 3.95. The molecular formula is CFORf. The van der Waals surface area contributed by atoms with Crippen LogP contribution in [0.4, 0.5) is 9.18 Å². The Labute approximate surface area is 17.1 Å². The van der Waals surface area contributed by atoms with E-state index in [1.165, 1.54) is 0 Å². The number of halogens is 1. The van der Waals surface area contributed by atoms with E-state index in [2.05, 4.69) is 0 Å². The van der Waals surface area contributed by atoms with E-state index in [0.29, 0.717) is 0 Å². The summed E-state index contributed by atoms with van der Waals surface area (Å²) in [6.07, 6.45) is 0. The molecule has 0 aromatic heterocycles. The van der Waals surface area contributed by atoms with Gasteiger partial charge in [0.2, 0.25) is 0 Å². The van der Waals surface area contributed by atoms with E-state index in [9.17, 15) is 4.39 Å². The van der Waals surface area contributed by atoms with Crippen molar-refractivity contribution in [1.29, 1.82) is 0 Å². The third-order valence-electron chi connectivity index (χ3n) is 0. The Hall–Kier alpha value is -1.40. The summed E-state index contributed by atoms with van der Waals surface area (Å²) < 4.78 is 10.1. The maximum absolute atomic E-state index is 10.5. The summed E-state index contributed by atoms with van der Waals surface area (Å²) in [5, 5.41) is 0. The Morgan fingerprint density at radius 3 is 2.00 bits per heavy atom. The molecule has 0 aliphatic heterocycles. The van der Waals surface area contributed by atoms with Crippen molar-refractivity contribution in [2.24, 2.45) is 0 Å². The quantitative estimate of drug-likeness (QED) is 0.599. The van der Waals surface area contributed by atoms with Crippen LogP contribution in [0.3, 0.4) is 0 Å². The molecule has 0 amide bonds. The van der Waals surface area contributed by atoms with Crippen LogP contribution in [0.1, 0.15) is 0 Å². The van der Waals surface area contributed by atoms with E-state index >= 15 is 0 Å². The third kappa shape index (κ3) is 0.0490. The van der Waals surface area contributed by atoms with Crippen molar-refractivity contribution in [2.45, 2.75) is 0 Å². The van der Waals surface area contributed by atoms with Crippen LogP contribution >= 0.6 is 0 Å². The number of hydrogen-bond acceptors (Lipinski definition) is 1. The van der Waals surface area contributed by atoms with E-state index in [4.69, 9.17) is 4.79 Å². The molecule has 0 N–H and O–H groups in total. The summed E-state index contributed by atoms with van der Waals surface area (Å²) in [5.41, 5.74) is 0. The molecule has 0 saturated heterocycles. The molecule has 3 heteroatoms. The molecule has 0 aromatic rings. The van der Waals surface area contributed by atoms with E-state index in [1.54, 1.807) is 0 Å². The van der Waals surface area contributed by atoms with Crippen LogP contribution in [-0.2, 0) is 0 Å². The van der Waals surface area contributed by atoms with Crippen LogP contribution in [0.5, 0.6) is 0 Å². The SMILES string of the molecule is O=[C](F)[Rf]. The van der Waals surface area contributed by atoms with E-state index in [0.717, 1.165) is 0 Å². The number of carbonyl (C=O) groups is 1. The van der Waals surface area contributed by atoms with E-state index in [-0.39, 0.29) is 0 Å². The predicted octanol–water partition coefficient (Wildman–Crippen LogP) is 0.625. The van der Waals surface area contributed by atoms with Crippen molar-refractivity contribution in [1.82, 2.24) is 0 Å². The molecule has 1 nitrogen and oxygen atoms in total. The molecule has 0 radical (unpaired) electrons. The topological polar surface area (TPSA) is 17.1 Å². The molecular weight excluding hydrogens is 314 g/mol. The van der Waals surface area contributed by atoms with Gasteiger partial charge in [-0.25, -0.2) is 0 Å². The second-order valence-corrected chi connectivity index (χ2v) is 2.87. The minimum atomic E-state index is -1.12. The van der Waals surface area contributed by atoms with Gasteiger partial charge in [-0.05, 0) is 0 Å². The van der Waals surface area contributed by atoms with E-state index in [1.807, 2.05) is 0 Å². The first-order chi connectivity index (χ1) is 1.73. The Balaban J connectivity index is 2.80. The van der Waals surface area contributed by atoms with Gasteiger partial charge in [0.15, 0.2) is 0 Å². The normalized spacial score (nSPS) is 6.75. The van der Waals surface area contributed by atoms with Crippen LogP contribution < -0.4 is 0 Å². The second kappa shape index (κ2) is 0.225. The molecule has 0 aromatic carbocycles. The van der Waals surface area contributed by atoms with Gasteiger partial charge in [-0.3, -0.25) is 0 Å². The van der Waals surface area contributed by atoms with Gasteiger partial charge in [-0.15, -0.1) is 0 Å². The van der Waals surface area contributed by atoms with Crippen molar-refractivity contribution < 1.29 is 9.18 Å².